The average molecular weight is 456 g/mol. The third kappa shape index (κ3) is 5.80. The van der Waals surface area contributed by atoms with Crippen LogP contribution in [-0.2, 0) is 6.42 Å². The third-order valence-electron chi connectivity index (χ3n) is 6.12. The van der Waals surface area contributed by atoms with Gasteiger partial charge in [0, 0.05) is 59.9 Å². The Hall–Kier alpha value is -0.970. The van der Waals surface area contributed by atoms with Crippen LogP contribution in [0.5, 0.6) is 0 Å². The lowest BCUT2D eigenvalue weighted by Crippen LogP contribution is -2.51. The number of rotatable bonds is 7. The Balaban J connectivity index is 1.59. The summed E-state index contributed by atoms with van der Waals surface area (Å²) in [6.45, 7) is 8.89. The fraction of sp³-hybridized carbons (Fsp3) is 0.478. The average Bonchev–Trinajstić information content (AvgIpc) is 2.70. The van der Waals surface area contributed by atoms with Crippen molar-refractivity contribution in [1.29, 1.82) is 0 Å². The lowest BCUT2D eigenvalue weighted by atomic mass is 9.80. The molecule has 0 amide bonds. The monoisotopic (exact) mass is 454 g/mol. The third-order valence-corrected chi connectivity index (χ3v) is 6.94. The number of nitrogens with zero attached hydrogens (tertiary/aromatic N) is 2. The Morgan fingerprint density at radius 2 is 1.69 bits per heavy atom. The van der Waals surface area contributed by atoms with Crippen molar-refractivity contribution in [1.82, 2.24) is 4.90 Å². The molecule has 1 aliphatic heterocycles. The van der Waals surface area contributed by atoms with E-state index in [1.54, 1.807) is 6.07 Å². The van der Waals surface area contributed by atoms with E-state index in [4.69, 9.17) is 34.8 Å². The van der Waals surface area contributed by atoms with Gasteiger partial charge in [0.25, 0.3) is 0 Å². The van der Waals surface area contributed by atoms with Gasteiger partial charge < -0.3 is 10.0 Å². The van der Waals surface area contributed by atoms with E-state index >= 15 is 0 Å². The molecule has 0 saturated carbocycles. The van der Waals surface area contributed by atoms with Gasteiger partial charge in [-0.15, -0.1) is 0 Å². The van der Waals surface area contributed by atoms with Crippen LogP contribution in [0, 0.1) is 5.92 Å². The van der Waals surface area contributed by atoms with Crippen molar-refractivity contribution in [2.45, 2.75) is 32.3 Å². The fourth-order valence-corrected chi connectivity index (χ4v) is 4.72. The predicted octanol–water partition coefficient (Wildman–Crippen LogP) is 5.79. The van der Waals surface area contributed by atoms with E-state index in [2.05, 4.69) is 22.8 Å². The fourth-order valence-electron chi connectivity index (χ4n) is 4.06. The maximum atomic E-state index is 11.4. The van der Waals surface area contributed by atoms with Crippen molar-refractivity contribution in [3.63, 3.8) is 0 Å². The highest BCUT2D eigenvalue weighted by Gasteiger charge is 2.34. The van der Waals surface area contributed by atoms with E-state index in [1.807, 2.05) is 37.3 Å². The number of halogens is 3. The highest BCUT2D eigenvalue weighted by molar-refractivity contribution is 6.35. The molecule has 3 rings (SSSR count). The Morgan fingerprint density at radius 1 is 1.00 bits per heavy atom. The Labute approximate surface area is 189 Å². The summed E-state index contributed by atoms with van der Waals surface area (Å²) in [6, 6.07) is 13.5. The number of piperazine rings is 1. The number of anilines is 1. The lowest BCUT2D eigenvalue weighted by molar-refractivity contribution is -0.0280. The summed E-state index contributed by atoms with van der Waals surface area (Å²) in [4.78, 5) is 4.81. The molecule has 2 aromatic carbocycles. The van der Waals surface area contributed by atoms with Gasteiger partial charge in [0.05, 0.1) is 5.60 Å². The summed E-state index contributed by atoms with van der Waals surface area (Å²) in [5.41, 5.74) is 1.31. The summed E-state index contributed by atoms with van der Waals surface area (Å²) in [5, 5.41) is 13.4. The molecule has 158 valence electrons. The standard InChI is InChI=1S/C23H29Cl3N2O/c1-3-23(29,15-18-7-8-20(25)14-22(18)26)17(2)16-27-9-11-28(12-10-27)21-6-4-5-19(24)13-21/h4-8,13-14,17,29H,3,9-12,15-16H2,1-2H3. The number of hydrogen-bond donors (Lipinski definition) is 1. The largest absolute Gasteiger partial charge is 0.389 e. The normalized spacial score (nSPS) is 18.5. The molecule has 29 heavy (non-hydrogen) atoms. The first-order valence-corrected chi connectivity index (χ1v) is 11.3. The molecular weight excluding hydrogens is 427 g/mol. The lowest BCUT2D eigenvalue weighted by Gasteiger charge is -2.41. The first kappa shape index (κ1) is 22.7. The van der Waals surface area contributed by atoms with Gasteiger partial charge >= 0.3 is 0 Å². The van der Waals surface area contributed by atoms with Gasteiger partial charge in [-0.05, 0) is 48.2 Å². The molecule has 0 aliphatic carbocycles. The van der Waals surface area contributed by atoms with Crippen molar-refractivity contribution in [2.24, 2.45) is 5.92 Å². The van der Waals surface area contributed by atoms with E-state index in [0.29, 0.717) is 22.9 Å². The summed E-state index contributed by atoms with van der Waals surface area (Å²) in [7, 11) is 0. The molecule has 2 atom stereocenters. The van der Waals surface area contributed by atoms with Gasteiger partial charge in [-0.25, -0.2) is 0 Å². The quantitative estimate of drug-likeness (QED) is 0.572. The molecule has 1 fully saturated rings. The van der Waals surface area contributed by atoms with Crippen molar-refractivity contribution in [2.75, 3.05) is 37.6 Å². The minimum absolute atomic E-state index is 0.122. The predicted molar refractivity (Wildman–Crippen MR) is 125 cm³/mol. The topological polar surface area (TPSA) is 26.7 Å². The zero-order chi connectivity index (χ0) is 21.0. The maximum Gasteiger partial charge on any atom is 0.0723 e. The van der Waals surface area contributed by atoms with Crippen molar-refractivity contribution >= 4 is 40.5 Å². The second kappa shape index (κ2) is 9.89. The van der Waals surface area contributed by atoms with Crippen molar-refractivity contribution in [3.8, 4) is 0 Å². The van der Waals surface area contributed by atoms with Crippen LogP contribution in [0.15, 0.2) is 42.5 Å². The minimum atomic E-state index is -0.804. The number of aliphatic hydroxyl groups is 1. The zero-order valence-electron chi connectivity index (χ0n) is 17.0. The first-order valence-electron chi connectivity index (χ1n) is 10.2. The van der Waals surface area contributed by atoms with Crippen molar-refractivity contribution in [3.05, 3.63) is 63.1 Å². The Morgan fingerprint density at radius 3 is 2.31 bits per heavy atom. The molecule has 2 aromatic rings. The highest BCUT2D eigenvalue weighted by Crippen LogP contribution is 2.31. The molecular formula is C23H29Cl3N2O. The molecule has 3 nitrogen and oxygen atoms in total. The van der Waals surface area contributed by atoms with Crippen LogP contribution < -0.4 is 4.90 Å². The molecule has 2 unspecified atom stereocenters. The Kier molecular flexibility index (Phi) is 7.75. The Bertz CT molecular complexity index is 824. The van der Waals surface area contributed by atoms with E-state index in [-0.39, 0.29) is 5.92 Å². The van der Waals surface area contributed by atoms with E-state index in [1.165, 1.54) is 5.69 Å². The second-order valence-electron chi connectivity index (χ2n) is 8.04. The van der Waals surface area contributed by atoms with E-state index in [0.717, 1.165) is 43.3 Å². The molecule has 1 saturated heterocycles. The summed E-state index contributed by atoms with van der Waals surface area (Å²) < 4.78 is 0. The molecule has 6 heteroatoms. The first-order chi connectivity index (χ1) is 13.8. The van der Waals surface area contributed by atoms with E-state index < -0.39 is 5.60 Å². The molecule has 1 heterocycles. The van der Waals surface area contributed by atoms with Gasteiger partial charge in [-0.1, -0.05) is 60.8 Å². The highest BCUT2D eigenvalue weighted by atomic mass is 35.5. The summed E-state index contributed by atoms with van der Waals surface area (Å²) >= 11 is 18.5. The van der Waals surface area contributed by atoms with Crippen LogP contribution in [0.3, 0.4) is 0 Å². The van der Waals surface area contributed by atoms with Crippen LogP contribution in [0.2, 0.25) is 15.1 Å². The number of hydrogen-bond acceptors (Lipinski definition) is 3. The van der Waals surface area contributed by atoms with Crippen LogP contribution in [0.25, 0.3) is 0 Å². The maximum absolute atomic E-state index is 11.4. The van der Waals surface area contributed by atoms with E-state index in [9.17, 15) is 5.11 Å². The van der Waals surface area contributed by atoms with Gasteiger partial charge in [-0.2, -0.15) is 0 Å². The van der Waals surface area contributed by atoms with Crippen molar-refractivity contribution < 1.29 is 5.11 Å². The van der Waals surface area contributed by atoms with Gasteiger partial charge in [0.1, 0.15) is 0 Å². The van der Waals surface area contributed by atoms with Gasteiger partial charge in [0.15, 0.2) is 0 Å². The molecule has 0 aromatic heterocycles. The molecule has 0 spiro atoms. The zero-order valence-corrected chi connectivity index (χ0v) is 19.3. The second-order valence-corrected chi connectivity index (χ2v) is 9.32. The molecule has 1 N–H and O–H groups in total. The molecule has 0 radical (unpaired) electrons. The summed E-state index contributed by atoms with van der Waals surface area (Å²) in [5.74, 6) is 0.122. The SMILES string of the molecule is CCC(O)(Cc1ccc(Cl)cc1Cl)C(C)CN1CCN(c2cccc(Cl)c2)CC1. The van der Waals surface area contributed by atoms with Crippen LogP contribution in [0.4, 0.5) is 5.69 Å². The van der Waals surface area contributed by atoms with Gasteiger partial charge in [-0.3, -0.25) is 4.90 Å². The number of benzene rings is 2. The molecule has 0 bridgehead atoms. The summed E-state index contributed by atoms with van der Waals surface area (Å²) in [6.07, 6.45) is 1.21. The van der Waals surface area contributed by atoms with Crippen LogP contribution >= 0.6 is 34.8 Å². The van der Waals surface area contributed by atoms with Crippen LogP contribution in [0.1, 0.15) is 25.8 Å². The smallest absolute Gasteiger partial charge is 0.0723 e. The molecule has 1 aliphatic rings. The van der Waals surface area contributed by atoms with Gasteiger partial charge in [0.2, 0.25) is 0 Å². The minimum Gasteiger partial charge on any atom is -0.389 e. The van der Waals surface area contributed by atoms with Crippen LogP contribution in [-0.4, -0.2) is 48.3 Å².